The molecule has 2 rings (SSSR count). The molecular formula is C18H24ClN3O3. The Morgan fingerprint density at radius 1 is 1.24 bits per heavy atom. The van der Waals surface area contributed by atoms with E-state index in [0.717, 1.165) is 30.1 Å². The lowest BCUT2D eigenvalue weighted by Crippen LogP contribution is -2.33. The minimum absolute atomic E-state index is 0. The predicted octanol–water partition coefficient (Wildman–Crippen LogP) is 2.43. The van der Waals surface area contributed by atoms with Gasteiger partial charge in [0.2, 0.25) is 0 Å². The second-order valence-electron chi connectivity index (χ2n) is 5.32. The molecule has 1 atom stereocenters. The van der Waals surface area contributed by atoms with Gasteiger partial charge >= 0.3 is 5.97 Å². The summed E-state index contributed by atoms with van der Waals surface area (Å²) in [5.41, 5.74) is 6.71. The van der Waals surface area contributed by atoms with Gasteiger partial charge < -0.3 is 20.5 Å². The number of anilines is 1. The van der Waals surface area contributed by atoms with E-state index < -0.39 is 12.0 Å². The fraction of sp³-hybridized carbons (Fsp3) is 0.333. The van der Waals surface area contributed by atoms with Crippen LogP contribution in [0.15, 0.2) is 48.7 Å². The minimum Gasteiger partial charge on any atom is -0.494 e. The van der Waals surface area contributed by atoms with E-state index in [9.17, 15) is 4.79 Å². The van der Waals surface area contributed by atoms with Crippen LogP contribution >= 0.6 is 12.4 Å². The summed E-state index contributed by atoms with van der Waals surface area (Å²) in [6, 6.07) is 12.7. The summed E-state index contributed by atoms with van der Waals surface area (Å²) in [6.45, 7) is 1.41. The molecule has 1 aromatic carbocycles. The maximum absolute atomic E-state index is 11.3. The van der Waals surface area contributed by atoms with Gasteiger partial charge in [0.05, 0.1) is 13.7 Å². The predicted molar refractivity (Wildman–Crippen MR) is 100 cm³/mol. The molecule has 0 radical (unpaired) electrons. The van der Waals surface area contributed by atoms with E-state index in [2.05, 4.69) is 15.0 Å². The Bertz CT molecular complexity index is 623. The lowest BCUT2D eigenvalue weighted by atomic mass is 10.1. The van der Waals surface area contributed by atoms with Gasteiger partial charge in [-0.1, -0.05) is 18.2 Å². The molecule has 3 N–H and O–H groups in total. The zero-order valence-electron chi connectivity index (χ0n) is 14.2. The molecule has 6 nitrogen and oxygen atoms in total. The van der Waals surface area contributed by atoms with Crippen molar-refractivity contribution in [1.82, 2.24) is 4.98 Å². The van der Waals surface area contributed by atoms with Crippen LogP contribution in [-0.2, 0) is 16.0 Å². The highest BCUT2D eigenvalue weighted by molar-refractivity contribution is 5.85. The number of halogens is 1. The number of nitrogens with two attached hydrogens (primary N) is 1. The molecule has 0 aliphatic heterocycles. The first-order valence-electron chi connectivity index (χ1n) is 7.89. The zero-order valence-corrected chi connectivity index (χ0v) is 15.0. The van der Waals surface area contributed by atoms with Crippen molar-refractivity contribution in [3.8, 4) is 5.75 Å². The van der Waals surface area contributed by atoms with E-state index in [4.69, 9.17) is 10.5 Å². The molecule has 0 amide bonds. The largest absolute Gasteiger partial charge is 0.494 e. The van der Waals surface area contributed by atoms with Crippen molar-refractivity contribution in [3.63, 3.8) is 0 Å². The van der Waals surface area contributed by atoms with E-state index in [1.165, 1.54) is 7.11 Å². The fourth-order valence-electron chi connectivity index (χ4n) is 2.16. The second kappa shape index (κ2) is 11.3. The SMILES string of the molecule is COC(=O)[C@@H](N)Cc1ccc(OCCCNc2ccccn2)cc1.Cl. The van der Waals surface area contributed by atoms with Crippen LogP contribution in [0.25, 0.3) is 0 Å². The highest BCUT2D eigenvalue weighted by Crippen LogP contribution is 2.13. The monoisotopic (exact) mass is 365 g/mol. The van der Waals surface area contributed by atoms with Crippen LogP contribution in [-0.4, -0.2) is 37.3 Å². The molecule has 0 aliphatic rings. The quantitative estimate of drug-likeness (QED) is 0.524. The molecule has 7 heteroatoms. The third-order valence-corrected chi connectivity index (χ3v) is 3.44. The van der Waals surface area contributed by atoms with Crippen LogP contribution in [0.3, 0.4) is 0 Å². The Labute approximate surface area is 154 Å². The summed E-state index contributed by atoms with van der Waals surface area (Å²) >= 11 is 0. The maximum Gasteiger partial charge on any atom is 0.322 e. The number of rotatable bonds is 9. The number of carbonyl (C=O) groups excluding carboxylic acids is 1. The topological polar surface area (TPSA) is 86.5 Å². The molecule has 1 aromatic heterocycles. The Kier molecular flexibility index (Phi) is 9.36. The Morgan fingerprint density at radius 3 is 2.64 bits per heavy atom. The summed E-state index contributed by atoms with van der Waals surface area (Å²) in [6.07, 6.45) is 3.07. The van der Waals surface area contributed by atoms with Crippen molar-refractivity contribution in [2.45, 2.75) is 18.9 Å². The third kappa shape index (κ3) is 7.41. The van der Waals surface area contributed by atoms with Crippen LogP contribution in [0, 0.1) is 0 Å². The second-order valence-corrected chi connectivity index (χ2v) is 5.32. The molecule has 0 aliphatic carbocycles. The first kappa shape index (κ1) is 20.7. The number of aromatic nitrogens is 1. The zero-order chi connectivity index (χ0) is 17.2. The highest BCUT2D eigenvalue weighted by atomic mass is 35.5. The number of benzene rings is 1. The number of pyridine rings is 1. The molecule has 0 saturated heterocycles. The summed E-state index contributed by atoms with van der Waals surface area (Å²) in [5.74, 6) is 1.25. The van der Waals surface area contributed by atoms with Crippen LogP contribution < -0.4 is 15.8 Å². The summed E-state index contributed by atoms with van der Waals surface area (Å²) < 4.78 is 10.3. The number of nitrogens with zero attached hydrogens (tertiary/aromatic N) is 1. The first-order valence-corrected chi connectivity index (χ1v) is 7.89. The van der Waals surface area contributed by atoms with Gasteiger partial charge in [-0.25, -0.2) is 4.98 Å². The molecule has 0 unspecified atom stereocenters. The standard InChI is InChI=1S/C18H23N3O3.ClH/c1-23-18(22)16(19)13-14-6-8-15(9-7-14)24-12-4-11-21-17-5-2-3-10-20-17;/h2-3,5-10,16H,4,11-13,19H2,1H3,(H,20,21);1H/t16-;/m0./s1. The van der Waals surface area contributed by atoms with Crippen LogP contribution in [0.4, 0.5) is 5.82 Å². The lowest BCUT2D eigenvalue weighted by Gasteiger charge is -2.10. The minimum atomic E-state index is -0.639. The van der Waals surface area contributed by atoms with Gasteiger partial charge in [0.15, 0.2) is 0 Å². The Balaban J connectivity index is 0.00000312. The van der Waals surface area contributed by atoms with Crippen LogP contribution in [0.5, 0.6) is 5.75 Å². The van der Waals surface area contributed by atoms with Gasteiger partial charge in [0.1, 0.15) is 17.6 Å². The number of ether oxygens (including phenoxy) is 2. The van der Waals surface area contributed by atoms with Gasteiger partial charge in [-0.15, -0.1) is 12.4 Å². The molecule has 25 heavy (non-hydrogen) atoms. The van der Waals surface area contributed by atoms with E-state index in [0.29, 0.717) is 13.0 Å². The van der Waals surface area contributed by atoms with Gasteiger partial charge in [0, 0.05) is 12.7 Å². The molecule has 0 fully saturated rings. The Morgan fingerprint density at radius 2 is 2.00 bits per heavy atom. The number of hydrogen-bond acceptors (Lipinski definition) is 6. The third-order valence-electron chi connectivity index (χ3n) is 3.44. The van der Waals surface area contributed by atoms with Crippen molar-refractivity contribution in [3.05, 3.63) is 54.2 Å². The smallest absolute Gasteiger partial charge is 0.322 e. The molecular weight excluding hydrogens is 342 g/mol. The number of carbonyl (C=O) groups is 1. The summed E-state index contributed by atoms with van der Waals surface area (Å²) in [4.78, 5) is 15.5. The molecule has 2 aromatic rings. The fourth-order valence-corrected chi connectivity index (χ4v) is 2.16. The molecule has 136 valence electrons. The Hall–Kier alpha value is -2.31. The lowest BCUT2D eigenvalue weighted by molar-refractivity contribution is -0.142. The van der Waals surface area contributed by atoms with Gasteiger partial charge in [-0.2, -0.15) is 0 Å². The van der Waals surface area contributed by atoms with E-state index >= 15 is 0 Å². The van der Waals surface area contributed by atoms with E-state index in [1.54, 1.807) is 6.20 Å². The average Bonchev–Trinajstić information content (AvgIpc) is 2.63. The van der Waals surface area contributed by atoms with Crippen molar-refractivity contribution in [1.29, 1.82) is 0 Å². The molecule has 0 bridgehead atoms. The van der Waals surface area contributed by atoms with E-state index in [1.807, 2.05) is 42.5 Å². The van der Waals surface area contributed by atoms with Crippen molar-refractivity contribution in [2.24, 2.45) is 5.73 Å². The maximum atomic E-state index is 11.3. The van der Waals surface area contributed by atoms with Crippen molar-refractivity contribution in [2.75, 3.05) is 25.6 Å². The molecule has 1 heterocycles. The van der Waals surface area contributed by atoms with Gasteiger partial charge in [0.25, 0.3) is 0 Å². The highest BCUT2D eigenvalue weighted by Gasteiger charge is 2.13. The van der Waals surface area contributed by atoms with Gasteiger partial charge in [-0.05, 0) is 42.7 Å². The number of methoxy groups -OCH3 is 1. The first-order chi connectivity index (χ1) is 11.7. The van der Waals surface area contributed by atoms with E-state index in [-0.39, 0.29) is 12.4 Å². The summed E-state index contributed by atoms with van der Waals surface area (Å²) in [5, 5.41) is 3.23. The number of hydrogen-bond donors (Lipinski definition) is 2. The van der Waals surface area contributed by atoms with Crippen LogP contribution in [0.1, 0.15) is 12.0 Å². The average molecular weight is 366 g/mol. The number of nitrogens with one attached hydrogen (secondary N) is 1. The van der Waals surface area contributed by atoms with Crippen molar-refractivity contribution >= 4 is 24.2 Å². The van der Waals surface area contributed by atoms with Crippen LogP contribution in [0.2, 0.25) is 0 Å². The van der Waals surface area contributed by atoms with Crippen molar-refractivity contribution < 1.29 is 14.3 Å². The molecule has 0 spiro atoms. The number of esters is 1. The normalized spacial score (nSPS) is 11.1. The molecule has 0 saturated carbocycles. The van der Waals surface area contributed by atoms with Gasteiger partial charge in [-0.3, -0.25) is 4.79 Å². The summed E-state index contributed by atoms with van der Waals surface area (Å²) in [7, 11) is 1.34.